The molecule has 1 atom stereocenters. The molecule has 0 unspecified atom stereocenters. The highest BCUT2D eigenvalue weighted by molar-refractivity contribution is 8.01. The lowest BCUT2D eigenvalue weighted by Crippen LogP contribution is -2.54. The molecular formula is C29H44N4O6S. The topological polar surface area (TPSA) is 108 Å². The Morgan fingerprint density at radius 2 is 1.90 bits per heavy atom. The van der Waals surface area contributed by atoms with Crippen molar-refractivity contribution in [3.8, 4) is 0 Å². The fraction of sp³-hybridized carbons (Fsp3) is 0.655. The molecule has 1 saturated heterocycles. The Morgan fingerprint density at radius 3 is 2.50 bits per heavy atom. The van der Waals surface area contributed by atoms with E-state index in [2.05, 4.69) is 10.1 Å². The van der Waals surface area contributed by atoms with Crippen molar-refractivity contribution in [2.45, 2.75) is 95.6 Å². The van der Waals surface area contributed by atoms with Crippen LogP contribution in [0.15, 0.2) is 17.0 Å². The van der Waals surface area contributed by atoms with Gasteiger partial charge in [0.05, 0.1) is 23.6 Å². The summed E-state index contributed by atoms with van der Waals surface area (Å²) in [5.74, 6) is -0.235. The molecule has 10 nitrogen and oxygen atoms in total. The van der Waals surface area contributed by atoms with Gasteiger partial charge in [-0.3, -0.25) is 9.59 Å². The Morgan fingerprint density at radius 1 is 1.23 bits per heavy atom. The highest BCUT2D eigenvalue weighted by Gasteiger charge is 2.41. The molecule has 0 saturated carbocycles. The molecule has 40 heavy (non-hydrogen) atoms. The Balaban J connectivity index is 1.92. The Hall–Kier alpha value is -2.95. The number of rotatable bonds is 6. The molecule has 1 aromatic rings. The third-order valence-corrected chi connectivity index (χ3v) is 8.21. The van der Waals surface area contributed by atoms with Crippen LogP contribution in [0.25, 0.3) is 0 Å². The van der Waals surface area contributed by atoms with Gasteiger partial charge in [0.2, 0.25) is 5.91 Å². The van der Waals surface area contributed by atoms with Gasteiger partial charge >= 0.3 is 12.2 Å². The lowest BCUT2D eigenvalue weighted by Gasteiger charge is -2.42. The van der Waals surface area contributed by atoms with E-state index in [9.17, 15) is 19.2 Å². The SMILES string of the molecule is COC(=O)NCCN1C(=O)C(C)(C)Sc2cc(C)c(C(=O)N(C(C)C)[C@@H]3CCCN(C(=O)OC(C)(C)C)C3)cc21. The van der Waals surface area contributed by atoms with Gasteiger partial charge in [-0.15, -0.1) is 11.8 Å². The highest BCUT2D eigenvalue weighted by atomic mass is 32.2. The summed E-state index contributed by atoms with van der Waals surface area (Å²) in [6.45, 7) is 16.6. The van der Waals surface area contributed by atoms with Crippen LogP contribution in [0.1, 0.15) is 77.2 Å². The van der Waals surface area contributed by atoms with Gasteiger partial charge in [-0.1, -0.05) is 0 Å². The van der Waals surface area contributed by atoms with Crippen molar-refractivity contribution in [3.63, 3.8) is 0 Å². The summed E-state index contributed by atoms with van der Waals surface area (Å²) in [7, 11) is 1.29. The maximum absolute atomic E-state index is 14.2. The van der Waals surface area contributed by atoms with E-state index in [1.807, 2.05) is 66.4 Å². The van der Waals surface area contributed by atoms with E-state index in [4.69, 9.17) is 4.74 Å². The summed E-state index contributed by atoms with van der Waals surface area (Å²) in [6.07, 6.45) is 0.609. The van der Waals surface area contributed by atoms with E-state index in [-0.39, 0.29) is 43.1 Å². The van der Waals surface area contributed by atoms with Crippen molar-refractivity contribution in [2.24, 2.45) is 0 Å². The lowest BCUT2D eigenvalue weighted by atomic mass is 9.99. The second kappa shape index (κ2) is 12.3. The van der Waals surface area contributed by atoms with E-state index >= 15 is 0 Å². The molecule has 1 fully saturated rings. The van der Waals surface area contributed by atoms with Gasteiger partial charge in [-0.05, 0) is 85.9 Å². The predicted octanol–water partition coefficient (Wildman–Crippen LogP) is 4.82. The van der Waals surface area contributed by atoms with Gasteiger partial charge in [-0.2, -0.15) is 0 Å². The Bertz CT molecular complexity index is 1150. The number of carbonyl (C=O) groups excluding carboxylic acids is 4. The predicted molar refractivity (Wildman–Crippen MR) is 156 cm³/mol. The number of likely N-dealkylation sites (tertiary alicyclic amines) is 1. The molecule has 2 aliphatic rings. The van der Waals surface area contributed by atoms with Gasteiger partial charge in [0.25, 0.3) is 5.91 Å². The number of thioether (sulfide) groups is 1. The zero-order chi connectivity index (χ0) is 30.0. The van der Waals surface area contributed by atoms with Crippen molar-refractivity contribution < 1.29 is 28.7 Å². The quantitative estimate of drug-likeness (QED) is 0.517. The molecule has 2 aliphatic heterocycles. The fourth-order valence-corrected chi connectivity index (χ4v) is 6.40. The maximum Gasteiger partial charge on any atom is 0.410 e. The minimum atomic E-state index is -0.701. The molecule has 1 N–H and O–H groups in total. The van der Waals surface area contributed by atoms with Crippen molar-refractivity contribution in [3.05, 3.63) is 23.3 Å². The van der Waals surface area contributed by atoms with Gasteiger partial charge in [0.15, 0.2) is 0 Å². The van der Waals surface area contributed by atoms with Crippen LogP contribution in [-0.2, 0) is 14.3 Å². The number of ether oxygens (including phenoxy) is 2. The first-order valence-corrected chi connectivity index (χ1v) is 14.7. The van der Waals surface area contributed by atoms with Crippen molar-refractivity contribution in [2.75, 3.05) is 38.2 Å². The van der Waals surface area contributed by atoms with Crippen molar-refractivity contribution in [1.82, 2.24) is 15.1 Å². The second-order valence-electron chi connectivity index (χ2n) is 12.2. The summed E-state index contributed by atoms with van der Waals surface area (Å²) in [5.41, 5.74) is 1.39. The molecule has 0 aromatic heterocycles. The Labute approximate surface area is 242 Å². The van der Waals surface area contributed by atoms with Crippen LogP contribution in [0.3, 0.4) is 0 Å². The van der Waals surface area contributed by atoms with Crippen LogP contribution in [-0.4, -0.2) is 89.5 Å². The van der Waals surface area contributed by atoms with Gasteiger partial charge in [0, 0.05) is 42.7 Å². The number of fused-ring (bicyclic) bond motifs is 1. The maximum atomic E-state index is 14.2. The molecule has 0 radical (unpaired) electrons. The molecule has 0 spiro atoms. The van der Waals surface area contributed by atoms with Gasteiger partial charge in [0.1, 0.15) is 5.60 Å². The first-order chi connectivity index (χ1) is 18.6. The Kier molecular flexibility index (Phi) is 9.70. The number of hydrogen-bond acceptors (Lipinski definition) is 7. The lowest BCUT2D eigenvalue weighted by molar-refractivity contribution is -0.120. The number of hydrogen-bond donors (Lipinski definition) is 1. The van der Waals surface area contributed by atoms with Crippen LogP contribution < -0.4 is 10.2 Å². The number of aryl methyl sites for hydroxylation is 1. The van der Waals surface area contributed by atoms with Crippen LogP contribution in [0.2, 0.25) is 0 Å². The normalized spacial score (nSPS) is 18.8. The molecule has 3 rings (SSSR count). The zero-order valence-electron chi connectivity index (χ0n) is 25.3. The third kappa shape index (κ3) is 7.21. The van der Waals surface area contributed by atoms with Crippen molar-refractivity contribution in [1.29, 1.82) is 0 Å². The van der Waals surface area contributed by atoms with E-state index in [0.29, 0.717) is 24.3 Å². The average Bonchev–Trinajstić information content (AvgIpc) is 2.84. The first-order valence-electron chi connectivity index (χ1n) is 13.8. The second-order valence-corrected chi connectivity index (χ2v) is 13.8. The number of methoxy groups -OCH3 is 1. The smallest absolute Gasteiger partial charge is 0.410 e. The molecule has 0 aliphatic carbocycles. The molecule has 4 amide bonds. The number of nitrogens with zero attached hydrogens (tertiary/aromatic N) is 3. The monoisotopic (exact) mass is 576 g/mol. The summed E-state index contributed by atoms with van der Waals surface area (Å²) in [5, 5.41) is 2.63. The fourth-order valence-electron chi connectivity index (χ4n) is 5.15. The molecule has 2 heterocycles. The first kappa shape index (κ1) is 31.6. The van der Waals surface area contributed by atoms with E-state index in [0.717, 1.165) is 23.3 Å². The highest BCUT2D eigenvalue weighted by Crippen LogP contribution is 2.46. The minimum absolute atomic E-state index is 0.0973. The number of alkyl carbamates (subject to hydrolysis) is 1. The van der Waals surface area contributed by atoms with Crippen LogP contribution in [0.4, 0.5) is 15.3 Å². The molecule has 11 heteroatoms. The van der Waals surface area contributed by atoms with Gasteiger partial charge in [-0.25, -0.2) is 9.59 Å². The number of anilines is 1. The minimum Gasteiger partial charge on any atom is -0.453 e. The summed E-state index contributed by atoms with van der Waals surface area (Å²) < 4.78 is 9.55. The number of carbonyl (C=O) groups is 4. The van der Waals surface area contributed by atoms with Crippen molar-refractivity contribution >= 4 is 41.5 Å². The van der Waals surface area contributed by atoms with Gasteiger partial charge < -0.3 is 29.5 Å². The molecular weight excluding hydrogens is 532 g/mol. The number of benzene rings is 1. The summed E-state index contributed by atoms with van der Waals surface area (Å²) >= 11 is 1.47. The standard InChI is InChI=1S/C29H44N4O6S/c1-18(2)33(20-11-10-13-31(17-20)27(37)39-28(4,5)6)24(34)21-16-22-23(15-19(21)3)40-29(7,8)25(35)32(22)14-12-30-26(36)38-9/h15-16,18,20H,10-14,17H2,1-9H3,(H,30,36)/t20-/m1/s1. The largest absolute Gasteiger partial charge is 0.453 e. The van der Waals surface area contributed by atoms with E-state index < -0.39 is 16.4 Å². The molecule has 222 valence electrons. The van der Waals surface area contributed by atoms with Crippen LogP contribution in [0, 0.1) is 6.92 Å². The van der Waals surface area contributed by atoms with E-state index in [1.165, 1.54) is 18.9 Å². The molecule has 0 bridgehead atoms. The number of nitrogens with one attached hydrogen (secondary N) is 1. The molecule has 1 aromatic carbocycles. The van der Waals surface area contributed by atoms with E-state index in [1.54, 1.807) is 15.9 Å². The summed E-state index contributed by atoms with van der Waals surface area (Å²) in [4.78, 5) is 58.1. The van der Waals surface area contributed by atoms with Crippen LogP contribution in [0.5, 0.6) is 0 Å². The zero-order valence-corrected chi connectivity index (χ0v) is 26.1. The number of piperidine rings is 1. The number of amides is 4. The third-order valence-electron chi connectivity index (χ3n) is 6.98. The average molecular weight is 577 g/mol. The summed E-state index contributed by atoms with van der Waals surface area (Å²) in [6, 6.07) is 3.49. The van der Waals surface area contributed by atoms with Crippen LogP contribution >= 0.6 is 11.8 Å².